The molecule has 0 saturated heterocycles. The van der Waals surface area contributed by atoms with E-state index in [1.54, 1.807) is 13.1 Å². The van der Waals surface area contributed by atoms with Gasteiger partial charge in [0.1, 0.15) is 5.76 Å². The number of rotatable bonds is 12. The van der Waals surface area contributed by atoms with Crippen LogP contribution >= 0.6 is 0 Å². The molecule has 0 heterocycles. The van der Waals surface area contributed by atoms with Crippen molar-refractivity contribution in [2.24, 2.45) is 17.6 Å². The first-order valence-electron chi connectivity index (χ1n) is 10.4. The van der Waals surface area contributed by atoms with Gasteiger partial charge in [-0.1, -0.05) is 31.8 Å². The largest absolute Gasteiger partial charge is 0.573 e. The quantitative estimate of drug-likeness (QED) is 0.157. The summed E-state index contributed by atoms with van der Waals surface area (Å²) >= 11 is 0. The van der Waals surface area contributed by atoms with E-state index in [2.05, 4.69) is 10.2 Å². The van der Waals surface area contributed by atoms with Gasteiger partial charge in [-0.3, -0.25) is 0 Å². The summed E-state index contributed by atoms with van der Waals surface area (Å²) in [5, 5.41) is 7.38. The van der Waals surface area contributed by atoms with Crippen LogP contribution in [0.3, 0.4) is 0 Å². The number of allylic oxidation sites excluding steroid dienone is 5. The molecule has 0 aromatic heterocycles. The zero-order valence-electron chi connectivity index (χ0n) is 17.8. The fourth-order valence-electron chi connectivity index (χ4n) is 3.64. The molecule has 8 heteroatoms. The van der Waals surface area contributed by atoms with Crippen LogP contribution in [-0.4, -0.2) is 19.6 Å². The highest BCUT2D eigenvalue weighted by atomic mass is 19.4. The van der Waals surface area contributed by atoms with E-state index in [1.165, 1.54) is 25.3 Å². The summed E-state index contributed by atoms with van der Waals surface area (Å²) in [7, 11) is 1.66. The van der Waals surface area contributed by atoms with E-state index in [-0.39, 0.29) is 5.76 Å². The van der Waals surface area contributed by atoms with Crippen LogP contribution in [-0.2, 0) is 9.57 Å². The summed E-state index contributed by atoms with van der Waals surface area (Å²) in [6.45, 7) is 1.52. The Morgan fingerprint density at radius 3 is 2.20 bits per heavy atom. The molecular formula is C22H34F3N3O2. The number of hydrogen-bond acceptors (Lipinski definition) is 5. The molecule has 0 amide bonds. The molecule has 0 aromatic carbocycles. The minimum absolute atomic E-state index is 0.170. The number of hydroxylamine groups is 1. The Morgan fingerprint density at radius 2 is 1.73 bits per heavy atom. The van der Waals surface area contributed by atoms with Crippen molar-refractivity contribution in [3.05, 3.63) is 47.6 Å². The van der Waals surface area contributed by atoms with Gasteiger partial charge in [0, 0.05) is 19.5 Å². The predicted molar refractivity (Wildman–Crippen MR) is 113 cm³/mol. The molecule has 0 aromatic rings. The van der Waals surface area contributed by atoms with Gasteiger partial charge in [0.05, 0.1) is 5.57 Å². The minimum atomic E-state index is -4.65. The van der Waals surface area contributed by atoms with Crippen molar-refractivity contribution in [1.29, 1.82) is 5.41 Å². The lowest BCUT2D eigenvalue weighted by molar-refractivity contribution is -0.303. The highest BCUT2D eigenvalue weighted by molar-refractivity contribution is 5.81. The molecule has 0 bridgehead atoms. The lowest BCUT2D eigenvalue weighted by Gasteiger charge is -2.28. The van der Waals surface area contributed by atoms with Gasteiger partial charge in [0.2, 0.25) is 0 Å². The van der Waals surface area contributed by atoms with Crippen molar-refractivity contribution in [2.45, 2.75) is 64.7 Å². The van der Waals surface area contributed by atoms with Crippen molar-refractivity contribution >= 4 is 6.21 Å². The molecule has 0 radical (unpaired) electrons. The second-order valence-electron chi connectivity index (χ2n) is 7.32. The Morgan fingerprint density at radius 1 is 1.13 bits per heavy atom. The average molecular weight is 430 g/mol. The third kappa shape index (κ3) is 10.5. The van der Waals surface area contributed by atoms with Crippen LogP contribution in [0.1, 0.15) is 58.3 Å². The number of halogens is 3. The van der Waals surface area contributed by atoms with E-state index in [4.69, 9.17) is 16.0 Å². The minimum Gasteiger partial charge on any atom is -0.409 e. The lowest BCUT2D eigenvalue weighted by atomic mass is 9.78. The topological polar surface area (TPSA) is 80.4 Å². The fourth-order valence-corrected chi connectivity index (χ4v) is 3.64. The van der Waals surface area contributed by atoms with Crippen LogP contribution < -0.4 is 11.2 Å². The number of hydrogen-bond donors (Lipinski definition) is 3. The van der Waals surface area contributed by atoms with Crippen LogP contribution in [0.4, 0.5) is 13.2 Å². The molecule has 1 aliphatic carbocycles. The maximum atomic E-state index is 12.2. The first-order chi connectivity index (χ1) is 14.3. The summed E-state index contributed by atoms with van der Waals surface area (Å²) in [6.07, 6.45) is 12.5. The normalized spacial score (nSPS) is 21.7. The van der Waals surface area contributed by atoms with Gasteiger partial charge in [-0.05, 0) is 62.7 Å². The SMILES string of the molecule is C/C=C(\C=C/CCC1CCC(CC/C=C(ONC)/C(C=N)=C/N)CC1)OC(F)(F)F. The van der Waals surface area contributed by atoms with Gasteiger partial charge in [-0.2, -0.15) is 5.48 Å². The molecule has 0 unspecified atom stereocenters. The molecule has 1 rings (SSSR count). The summed E-state index contributed by atoms with van der Waals surface area (Å²) in [6, 6.07) is 0. The molecule has 1 saturated carbocycles. The third-order valence-electron chi connectivity index (χ3n) is 5.24. The lowest BCUT2D eigenvalue weighted by Crippen LogP contribution is -2.14. The Balaban J connectivity index is 2.34. The summed E-state index contributed by atoms with van der Waals surface area (Å²) < 4.78 is 40.7. The second kappa shape index (κ2) is 13.9. The molecule has 5 nitrogen and oxygen atoms in total. The van der Waals surface area contributed by atoms with Gasteiger partial charge in [-0.25, -0.2) is 0 Å². The molecule has 0 aliphatic heterocycles. The Kier molecular flexibility index (Phi) is 12.0. The zero-order valence-corrected chi connectivity index (χ0v) is 17.8. The van der Waals surface area contributed by atoms with Crippen molar-refractivity contribution in [3.63, 3.8) is 0 Å². The van der Waals surface area contributed by atoms with Crippen molar-refractivity contribution < 1.29 is 22.7 Å². The van der Waals surface area contributed by atoms with E-state index in [1.807, 2.05) is 6.08 Å². The highest BCUT2D eigenvalue weighted by Gasteiger charge is 2.31. The molecular weight excluding hydrogens is 395 g/mol. The summed E-state index contributed by atoms with van der Waals surface area (Å²) in [5.74, 6) is 1.66. The first-order valence-corrected chi connectivity index (χ1v) is 10.4. The van der Waals surface area contributed by atoms with Crippen LogP contribution in [0.15, 0.2) is 47.6 Å². The third-order valence-corrected chi connectivity index (χ3v) is 5.24. The monoisotopic (exact) mass is 429 g/mol. The number of ether oxygens (including phenoxy) is 1. The summed E-state index contributed by atoms with van der Waals surface area (Å²) in [5.41, 5.74) is 8.67. The molecule has 0 spiro atoms. The molecule has 30 heavy (non-hydrogen) atoms. The average Bonchev–Trinajstić information content (AvgIpc) is 2.71. The van der Waals surface area contributed by atoms with Gasteiger partial charge >= 0.3 is 6.36 Å². The Labute approximate surface area is 177 Å². The van der Waals surface area contributed by atoms with Crippen LogP contribution in [0.2, 0.25) is 0 Å². The summed E-state index contributed by atoms with van der Waals surface area (Å²) in [4.78, 5) is 5.33. The van der Waals surface area contributed by atoms with Gasteiger partial charge in [0.15, 0.2) is 5.76 Å². The number of nitrogens with two attached hydrogens (primary N) is 1. The van der Waals surface area contributed by atoms with Crippen molar-refractivity contribution in [3.8, 4) is 0 Å². The fraction of sp³-hybridized carbons (Fsp3) is 0.591. The Bertz CT molecular complexity index is 632. The number of alkyl halides is 3. The number of nitrogens with one attached hydrogen (secondary N) is 2. The van der Waals surface area contributed by atoms with Crippen LogP contribution in [0.5, 0.6) is 0 Å². The van der Waals surface area contributed by atoms with E-state index >= 15 is 0 Å². The molecule has 1 fully saturated rings. The van der Waals surface area contributed by atoms with Crippen molar-refractivity contribution in [2.75, 3.05) is 7.05 Å². The molecule has 0 atom stereocenters. The molecule has 170 valence electrons. The smallest absolute Gasteiger partial charge is 0.409 e. The van der Waals surface area contributed by atoms with E-state index in [0.29, 0.717) is 23.2 Å². The maximum Gasteiger partial charge on any atom is 0.573 e. The first kappa shape index (κ1) is 25.8. The zero-order chi connectivity index (χ0) is 22.4. The molecule has 1 aliphatic rings. The van der Waals surface area contributed by atoms with E-state index in [9.17, 15) is 13.2 Å². The van der Waals surface area contributed by atoms with Crippen LogP contribution in [0, 0.1) is 17.2 Å². The van der Waals surface area contributed by atoms with Gasteiger partial charge < -0.3 is 20.7 Å². The highest BCUT2D eigenvalue weighted by Crippen LogP contribution is 2.34. The van der Waals surface area contributed by atoms with E-state index in [0.717, 1.165) is 57.6 Å². The second-order valence-corrected chi connectivity index (χ2v) is 7.32. The maximum absolute atomic E-state index is 12.2. The predicted octanol–water partition coefficient (Wildman–Crippen LogP) is 5.88. The van der Waals surface area contributed by atoms with Crippen LogP contribution in [0.25, 0.3) is 0 Å². The Hall–Kier alpha value is -2.22. The van der Waals surface area contributed by atoms with Gasteiger partial charge in [0.25, 0.3) is 0 Å². The van der Waals surface area contributed by atoms with E-state index < -0.39 is 6.36 Å². The molecule has 4 N–H and O–H groups in total. The van der Waals surface area contributed by atoms with Gasteiger partial charge in [-0.15, -0.1) is 13.2 Å². The van der Waals surface area contributed by atoms with Crippen molar-refractivity contribution in [1.82, 2.24) is 5.48 Å². The standard InChI is InChI=1S/C22H34F3N3O2/c1-3-20(29-22(23,24)25)9-5-4-7-17-11-13-18(14-12-17)8-6-10-21(30-28-2)19(15-26)16-27/h3,5,9-10,15-18,26,28H,4,6-8,11-14,27H2,1-2H3/b9-5-,19-16+,20-3+,21-10-,26-15?.